The highest BCUT2D eigenvalue weighted by molar-refractivity contribution is 6.33. The van der Waals surface area contributed by atoms with E-state index in [0.29, 0.717) is 5.16 Å². The zero-order chi connectivity index (χ0) is 7.28. The average molecular weight is 146 g/mol. The van der Waals surface area contributed by atoms with Gasteiger partial charge in [0.2, 0.25) is 0 Å². The largest absolute Gasteiger partial charge is 0.383 e. The van der Waals surface area contributed by atoms with Gasteiger partial charge in [0, 0.05) is 0 Å². The van der Waals surface area contributed by atoms with Crippen LogP contribution in [0, 0.1) is 5.41 Å². The topological polar surface area (TPSA) is 62.2 Å². The Morgan fingerprint density at radius 3 is 2.67 bits per heavy atom. The van der Waals surface area contributed by atoms with Gasteiger partial charge in [-0.1, -0.05) is 17.7 Å². The fraction of sp³-hybridized carbons (Fsp3) is 0.200. The molecule has 0 bridgehead atoms. The summed E-state index contributed by atoms with van der Waals surface area (Å²) in [6.45, 7) is 1.75. The molecule has 4 heteroatoms. The molecule has 0 heterocycles. The molecule has 50 valence electrons. The molecule has 0 aromatic rings. The van der Waals surface area contributed by atoms with Gasteiger partial charge in [0.05, 0.1) is 6.21 Å². The van der Waals surface area contributed by atoms with Gasteiger partial charge in [0.25, 0.3) is 0 Å². The quantitative estimate of drug-likeness (QED) is 0.341. The van der Waals surface area contributed by atoms with Crippen LogP contribution < -0.4 is 5.73 Å². The van der Waals surface area contributed by atoms with Crippen LogP contribution in [0.25, 0.3) is 0 Å². The highest BCUT2D eigenvalue weighted by atomic mass is 35.5. The maximum absolute atomic E-state index is 6.71. The summed E-state index contributed by atoms with van der Waals surface area (Å²) in [7, 11) is 0. The van der Waals surface area contributed by atoms with Crippen LogP contribution in [-0.4, -0.2) is 12.1 Å². The SMILES string of the molecule is C/C=C(/Cl)N=CC(=N)N. The highest BCUT2D eigenvalue weighted by Gasteiger charge is 1.80. The second-order valence-electron chi connectivity index (χ2n) is 1.32. The first-order valence-electron chi connectivity index (χ1n) is 2.36. The van der Waals surface area contributed by atoms with E-state index in [1.165, 1.54) is 6.21 Å². The summed E-state index contributed by atoms with van der Waals surface area (Å²) in [5, 5.41) is 7.04. The average Bonchev–Trinajstić information content (AvgIpc) is 1.83. The van der Waals surface area contributed by atoms with Gasteiger partial charge < -0.3 is 5.73 Å². The predicted octanol–water partition coefficient (Wildman–Crippen LogP) is 1.09. The summed E-state index contributed by atoms with van der Waals surface area (Å²) in [4.78, 5) is 3.59. The van der Waals surface area contributed by atoms with E-state index in [0.717, 1.165) is 0 Å². The summed E-state index contributed by atoms with van der Waals surface area (Å²) >= 11 is 5.42. The van der Waals surface area contributed by atoms with Gasteiger partial charge in [-0.3, -0.25) is 5.41 Å². The molecule has 0 saturated carbocycles. The Morgan fingerprint density at radius 1 is 1.78 bits per heavy atom. The number of halogens is 1. The first kappa shape index (κ1) is 8.17. The molecule has 0 aliphatic carbocycles. The lowest BCUT2D eigenvalue weighted by molar-refractivity contribution is 1.46. The summed E-state index contributed by atoms with van der Waals surface area (Å²) in [6, 6.07) is 0. The van der Waals surface area contributed by atoms with E-state index in [1.54, 1.807) is 13.0 Å². The zero-order valence-corrected chi connectivity index (χ0v) is 5.81. The Bertz CT molecular complexity index is 160. The number of amidine groups is 1. The molecule has 0 aromatic heterocycles. The maximum Gasteiger partial charge on any atom is 0.134 e. The zero-order valence-electron chi connectivity index (χ0n) is 5.06. The monoisotopic (exact) mass is 145 g/mol. The third-order valence-corrected chi connectivity index (χ3v) is 0.881. The Hall–Kier alpha value is -0.830. The smallest absolute Gasteiger partial charge is 0.134 e. The molecule has 0 aromatic carbocycles. The summed E-state index contributed by atoms with van der Waals surface area (Å²) in [5.74, 6) is -0.102. The number of nitrogens with one attached hydrogen (secondary N) is 1. The fourth-order valence-electron chi connectivity index (χ4n) is 0.206. The number of hydrogen-bond donors (Lipinski definition) is 2. The molecular weight excluding hydrogens is 138 g/mol. The third-order valence-electron chi connectivity index (χ3n) is 0.565. The van der Waals surface area contributed by atoms with E-state index >= 15 is 0 Å². The molecule has 3 N–H and O–H groups in total. The molecule has 9 heavy (non-hydrogen) atoms. The molecule has 0 atom stereocenters. The van der Waals surface area contributed by atoms with Crippen LogP contribution in [0.5, 0.6) is 0 Å². The third kappa shape index (κ3) is 5.03. The van der Waals surface area contributed by atoms with Crippen molar-refractivity contribution in [2.45, 2.75) is 6.92 Å². The standard InChI is InChI=1S/C5H8ClN3/c1-2-4(6)9-3-5(7)8/h2-3H,1H3,(H3,7,8)/b4-2-,9-3?. The highest BCUT2D eigenvalue weighted by Crippen LogP contribution is 1.99. The number of hydrogen-bond acceptors (Lipinski definition) is 2. The molecule has 0 radical (unpaired) electrons. The van der Waals surface area contributed by atoms with Crippen LogP contribution in [0.3, 0.4) is 0 Å². The van der Waals surface area contributed by atoms with Gasteiger partial charge in [-0.05, 0) is 6.92 Å². The normalized spacial score (nSPS) is 12.4. The van der Waals surface area contributed by atoms with E-state index in [2.05, 4.69) is 4.99 Å². The second kappa shape index (κ2) is 4.09. The fourth-order valence-corrected chi connectivity index (χ4v) is 0.255. The number of allylic oxidation sites excluding steroid dienone is 1. The lowest BCUT2D eigenvalue weighted by Crippen LogP contribution is -2.09. The second-order valence-corrected chi connectivity index (χ2v) is 1.71. The molecule has 3 nitrogen and oxygen atoms in total. The van der Waals surface area contributed by atoms with Crippen molar-refractivity contribution in [3.63, 3.8) is 0 Å². The summed E-state index contributed by atoms with van der Waals surface area (Å²) < 4.78 is 0. The Kier molecular flexibility index (Phi) is 3.71. The van der Waals surface area contributed by atoms with E-state index in [9.17, 15) is 0 Å². The van der Waals surface area contributed by atoms with Crippen LogP contribution in [0.2, 0.25) is 0 Å². The lowest BCUT2D eigenvalue weighted by Gasteiger charge is -1.83. The van der Waals surface area contributed by atoms with Crippen LogP contribution in [0.4, 0.5) is 0 Å². The van der Waals surface area contributed by atoms with Crippen LogP contribution in [0.15, 0.2) is 16.2 Å². The molecule has 0 unspecified atom stereocenters. The Balaban J connectivity index is 3.86. The molecule has 0 aliphatic heterocycles. The van der Waals surface area contributed by atoms with Crippen molar-refractivity contribution in [3.05, 3.63) is 11.2 Å². The molecule has 0 amide bonds. The van der Waals surface area contributed by atoms with Gasteiger partial charge in [0.15, 0.2) is 0 Å². The predicted molar refractivity (Wildman–Crippen MR) is 40.0 cm³/mol. The van der Waals surface area contributed by atoms with Gasteiger partial charge in [-0.25, -0.2) is 4.99 Å². The minimum Gasteiger partial charge on any atom is -0.383 e. The molecule has 0 rings (SSSR count). The van der Waals surface area contributed by atoms with Crippen molar-refractivity contribution >= 4 is 23.7 Å². The number of rotatable bonds is 2. The van der Waals surface area contributed by atoms with Crippen molar-refractivity contribution in [3.8, 4) is 0 Å². The van der Waals surface area contributed by atoms with E-state index in [-0.39, 0.29) is 5.84 Å². The van der Waals surface area contributed by atoms with Crippen molar-refractivity contribution in [2.75, 3.05) is 0 Å². The van der Waals surface area contributed by atoms with E-state index in [1.807, 2.05) is 0 Å². The minimum absolute atomic E-state index is 0.102. The molecule has 0 spiro atoms. The van der Waals surface area contributed by atoms with Crippen LogP contribution >= 0.6 is 11.6 Å². The Labute approximate surface area is 58.7 Å². The van der Waals surface area contributed by atoms with Crippen molar-refractivity contribution in [1.82, 2.24) is 0 Å². The van der Waals surface area contributed by atoms with Crippen LogP contribution in [-0.2, 0) is 0 Å². The summed E-state index contributed by atoms with van der Waals surface area (Å²) in [5.41, 5.74) is 4.94. The molecular formula is C5H8ClN3. The van der Waals surface area contributed by atoms with E-state index < -0.39 is 0 Å². The minimum atomic E-state index is -0.102. The van der Waals surface area contributed by atoms with Gasteiger partial charge in [-0.15, -0.1) is 0 Å². The maximum atomic E-state index is 6.71. The van der Waals surface area contributed by atoms with Crippen LogP contribution in [0.1, 0.15) is 6.92 Å². The van der Waals surface area contributed by atoms with Crippen molar-refractivity contribution in [1.29, 1.82) is 5.41 Å². The molecule has 0 aliphatic rings. The lowest BCUT2D eigenvalue weighted by atomic mass is 10.6. The van der Waals surface area contributed by atoms with Gasteiger partial charge in [-0.2, -0.15) is 0 Å². The number of nitrogens with zero attached hydrogens (tertiary/aromatic N) is 1. The van der Waals surface area contributed by atoms with Crippen molar-refractivity contribution < 1.29 is 0 Å². The van der Waals surface area contributed by atoms with Gasteiger partial charge >= 0.3 is 0 Å². The Morgan fingerprint density at radius 2 is 2.33 bits per heavy atom. The number of aliphatic imine (C=N–C) groups is 1. The molecule has 0 saturated heterocycles. The first-order valence-corrected chi connectivity index (χ1v) is 2.74. The molecule has 0 fully saturated rings. The first-order chi connectivity index (χ1) is 4.16. The summed E-state index contributed by atoms with van der Waals surface area (Å²) in [6.07, 6.45) is 2.79. The van der Waals surface area contributed by atoms with E-state index in [4.69, 9.17) is 22.7 Å². The van der Waals surface area contributed by atoms with Crippen molar-refractivity contribution in [2.24, 2.45) is 10.7 Å². The van der Waals surface area contributed by atoms with Gasteiger partial charge in [0.1, 0.15) is 11.0 Å². The number of nitrogens with two attached hydrogens (primary N) is 1.